The van der Waals surface area contributed by atoms with E-state index in [1.807, 2.05) is 28.8 Å². The number of carbonyl (C=O) groups is 1. The third-order valence-electron chi connectivity index (χ3n) is 2.17. The van der Waals surface area contributed by atoms with Gasteiger partial charge >= 0.3 is 0 Å². The van der Waals surface area contributed by atoms with Crippen molar-refractivity contribution in [2.24, 2.45) is 0 Å². The standard InChI is InChI=1S/C13H12N2OS/c1-11(16)17-9-5-3-6-12-10-14-13-7-2-4-8-15(12)13/h2,4,7-8,10H,5,9H2,1H3. The zero-order chi connectivity index (χ0) is 12.1. The average molecular weight is 244 g/mol. The number of nitrogens with zero attached hydrogens (tertiary/aromatic N) is 2. The molecule has 0 aliphatic rings. The van der Waals surface area contributed by atoms with Gasteiger partial charge in [0.1, 0.15) is 11.3 Å². The van der Waals surface area contributed by atoms with Crippen LogP contribution in [0, 0.1) is 11.8 Å². The van der Waals surface area contributed by atoms with E-state index in [0.717, 1.165) is 17.1 Å². The molecule has 0 spiro atoms. The Hall–Kier alpha value is -1.73. The van der Waals surface area contributed by atoms with Crippen molar-refractivity contribution in [1.29, 1.82) is 0 Å². The number of fused-ring (bicyclic) bond motifs is 1. The Bertz CT molecular complexity index is 592. The molecule has 0 atom stereocenters. The van der Waals surface area contributed by atoms with Gasteiger partial charge in [0.15, 0.2) is 5.12 Å². The van der Waals surface area contributed by atoms with E-state index in [2.05, 4.69) is 16.8 Å². The van der Waals surface area contributed by atoms with Crippen molar-refractivity contribution in [1.82, 2.24) is 9.38 Å². The SMILES string of the molecule is CC(=O)SCCC#Cc1cnc2ccccn12. The number of hydrogen-bond donors (Lipinski definition) is 0. The monoisotopic (exact) mass is 244 g/mol. The maximum absolute atomic E-state index is 10.7. The normalized spacial score (nSPS) is 9.94. The molecule has 0 fully saturated rings. The number of rotatable bonds is 2. The van der Waals surface area contributed by atoms with Crippen LogP contribution in [0.1, 0.15) is 19.0 Å². The van der Waals surface area contributed by atoms with Crippen molar-refractivity contribution in [2.45, 2.75) is 13.3 Å². The van der Waals surface area contributed by atoms with E-state index in [1.54, 1.807) is 13.1 Å². The summed E-state index contributed by atoms with van der Waals surface area (Å²) in [7, 11) is 0. The molecule has 0 aromatic carbocycles. The fourth-order valence-corrected chi connectivity index (χ4v) is 1.92. The second-order valence-electron chi connectivity index (χ2n) is 3.46. The minimum atomic E-state index is 0.140. The summed E-state index contributed by atoms with van der Waals surface area (Å²) in [6.07, 6.45) is 4.42. The van der Waals surface area contributed by atoms with Gasteiger partial charge in [0.05, 0.1) is 6.20 Å². The summed E-state index contributed by atoms with van der Waals surface area (Å²) in [5, 5.41) is 0.140. The molecule has 3 nitrogen and oxygen atoms in total. The number of pyridine rings is 1. The van der Waals surface area contributed by atoms with Crippen LogP contribution in [-0.2, 0) is 4.79 Å². The van der Waals surface area contributed by atoms with E-state index in [9.17, 15) is 4.79 Å². The van der Waals surface area contributed by atoms with Crippen LogP contribution in [0.2, 0.25) is 0 Å². The smallest absolute Gasteiger partial charge is 0.185 e. The van der Waals surface area contributed by atoms with Crippen molar-refractivity contribution >= 4 is 22.5 Å². The molecule has 0 unspecified atom stereocenters. The van der Waals surface area contributed by atoms with Crippen molar-refractivity contribution in [2.75, 3.05) is 5.75 Å². The first-order valence-corrected chi connectivity index (χ1v) is 6.30. The number of hydrogen-bond acceptors (Lipinski definition) is 3. The molecule has 86 valence electrons. The molecule has 0 aliphatic carbocycles. The van der Waals surface area contributed by atoms with Gasteiger partial charge in [-0.2, -0.15) is 0 Å². The van der Waals surface area contributed by atoms with Gasteiger partial charge < -0.3 is 0 Å². The quantitative estimate of drug-likeness (QED) is 0.601. The van der Waals surface area contributed by atoms with Crippen molar-refractivity contribution in [3.63, 3.8) is 0 Å². The number of aromatic nitrogens is 2. The summed E-state index contributed by atoms with van der Waals surface area (Å²) in [6, 6.07) is 5.84. The summed E-state index contributed by atoms with van der Waals surface area (Å²) < 4.78 is 1.95. The van der Waals surface area contributed by atoms with Crippen LogP contribution in [0.3, 0.4) is 0 Å². The minimum Gasteiger partial charge on any atom is -0.293 e. The molecule has 4 heteroatoms. The Morgan fingerprint density at radius 1 is 1.53 bits per heavy atom. The lowest BCUT2D eigenvalue weighted by molar-refractivity contribution is -0.109. The van der Waals surface area contributed by atoms with E-state index in [-0.39, 0.29) is 5.12 Å². The molecule has 2 aromatic heterocycles. The van der Waals surface area contributed by atoms with Crippen molar-refractivity contribution in [3.8, 4) is 11.8 Å². The third-order valence-corrected chi connectivity index (χ3v) is 2.98. The summed E-state index contributed by atoms with van der Waals surface area (Å²) in [5.41, 5.74) is 1.78. The second kappa shape index (κ2) is 5.55. The van der Waals surface area contributed by atoms with Gasteiger partial charge in [-0.15, -0.1) is 0 Å². The fraction of sp³-hybridized carbons (Fsp3) is 0.231. The van der Waals surface area contributed by atoms with Crippen molar-refractivity contribution in [3.05, 3.63) is 36.3 Å². The molecule has 0 saturated heterocycles. The molecule has 0 aliphatic heterocycles. The van der Waals surface area contributed by atoms with E-state index in [1.165, 1.54) is 11.8 Å². The van der Waals surface area contributed by atoms with E-state index >= 15 is 0 Å². The molecule has 2 aromatic rings. The highest BCUT2D eigenvalue weighted by Crippen LogP contribution is 2.05. The molecule has 0 radical (unpaired) electrons. The zero-order valence-corrected chi connectivity index (χ0v) is 10.3. The zero-order valence-electron chi connectivity index (χ0n) is 9.51. The van der Waals surface area contributed by atoms with Crippen LogP contribution in [-0.4, -0.2) is 20.3 Å². The van der Waals surface area contributed by atoms with Gasteiger partial charge in [-0.05, 0) is 18.1 Å². The number of thioether (sulfide) groups is 1. The largest absolute Gasteiger partial charge is 0.293 e. The highest BCUT2D eigenvalue weighted by Gasteiger charge is 1.97. The predicted octanol–water partition coefficient (Wildman–Crippen LogP) is 2.36. The molecular weight excluding hydrogens is 232 g/mol. The second-order valence-corrected chi connectivity index (χ2v) is 4.74. The Labute approximate surface area is 104 Å². The first-order valence-electron chi connectivity index (χ1n) is 5.32. The van der Waals surface area contributed by atoms with Gasteiger partial charge in [-0.1, -0.05) is 23.7 Å². The maximum Gasteiger partial charge on any atom is 0.185 e. The number of imidazole rings is 1. The average Bonchev–Trinajstić information content (AvgIpc) is 2.72. The maximum atomic E-state index is 10.7. The molecule has 0 N–H and O–H groups in total. The number of carbonyl (C=O) groups excluding carboxylic acids is 1. The predicted molar refractivity (Wildman–Crippen MR) is 69.8 cm³/mol. The van der Waals surface area contributed by atoms with Gasteiger partial charge in [0, 0.05) is 25.3 Å². The van der Waals surface area contributed by atoms with Crippen LogP contribution < -0.4 is 0 Å². The Kier molecular flexibility index (Phi) is 3.84. The first-order chi connectivity index (χ1) is 8.27. The molecule has 17 heavy (non-hydrogen) atoms. The summed E-state index contributed by atoms with van der Waals surface area (Å²) in [6.45, 7) is 1.57. The fourth-order valence-electron chi connectivity index (χ4n) is 1.42. The van der Waals surface area contributed by atoms with Crippen LogP contribution >= 0.6 is 11.8 Å². The molecule has 2 heterocycles. The van der Waals surface area contributed by atoms with E-state index in [0.29, 0.717) is 6.42 Å². The highest BCUT2D eigenvalue weighted by atomic mass is 32.2. The Morgan fingerprint density at radius 3 is 3.24 bits per heavy atom. The van der Waals surface area contributed by atoms with Crippen LogP contribution in [0.5, 0.6) is 0 Å². The van der Waals surface area contributed by atoms with Crippen LogP contribution in [0.4, 0.5) is 0 Å². The van der Waals surface area contributed by atoms with Gasteiger partial charge in [-0.25, -0.2) is 4.98 Å². The lowest BCUT2D eigenvalue weighted by atomic mass is 10.4. The lowest BCUT2D eigenvalue weighted by Gasteiger charge is -1.92. The van der Waals surface area contributed by atoms with E-state index in [4.69, 9.17) is 0 Å². The molecule has 0 bridgehead atoms. The topological polar surface area (TPSA) is 34.4 Å². The summed E-state index contributed by atoms with van der Waals surface area (Å²) in [4.78, 5) is 15.0. The van der Waals surface area contributed by atoms with Gasteiger partial charge in [0.2, 0.25) is 0 Å². The molecular formula is C13H12N2OS. The third kappa shape index (κ3) is 3.11. The van der Waals surface area contributed by atoms with Crippen LogP contribution in [0.15, 0.2) is 30.6 Å². The van der Waals surface area contributed by atoms with Gasteiger partial charge in [0.25, 0.3) is 0 Å². The Balaban J connectivity index is 2.04. The summed E-state index contributed by atoms with van der Waals surface area (Å²) in [5.74, 6) is 6.87. The molecule has 2 rings (SSSR count). The highest BCUT2D eigenvalue weighted by molar-refractivity contribution is 8.13. The summed E-state index contributed by atoms with van der Waals surface area (Å²) >= 11 is 1.31. The van der Waals surface area contributed by atoms with E-state index < -0.39 is 0 Å². The molecule has 0 amide bonds. The minimum absolute atomic E-state index is 0.140. The lowest BCUT2D eigenvalue weighted by Crippen LogP contribution is -1.87. The van der Waals surface area contributed by atoms with Crippen LogP contribution in [0.25, 0.3) is 5.65 Å². The Morgan fingerprint density at radius 2 is 2.41 bits per heavy atom. The van der Waals surface area contributed by atoms with Crippen molar-refractivity contribution < 1.29 is 4.79 Å². The first kappa shape index (κ1) is 11.7. The molecule has 0 saturated carbocycles. The van der Waals surface area contributed by atoms with Gasteiger partial charge in [-0.3, -0.25) is 9.20 Å².